The molecule has 0 amide bonds. The Balaban J connectivity index is 1.88. The first-order valence-corrected chi connectivity index (χ1v) is 8.23. The first kappa shape index (κ1) is 15.4. The van der Waals surface area contributed by atoms with Crippen LogP contribution in [0.1, 0.15) is 34.9 Å². The van der Waals surface area contributed by atoms with E-state index in [1.54, 1.807) is 29.7 Å². The van der Waals surface area contributed by atoms with Gasteiger partial charge in [-0.25, -0.2) is 4.99 Å². The summed E-state index contributed by atoms with van der Waals surface area (Å²) >= 11 is 1.59. The fraction of sp³-hybridized carbons (Fsp3) is 0.294. The van der Waals surface area contributed by atoms with Crippen molar-refractivity contribution in [2.24, 2.45) is 10.9 Å². The number of fused-ring (bicyclic) bond motifs is 1. The third-order valence-electron chi connectivity index (χ3n) is 4.04. The summed E-state index contributed by atoms with van der Waals surface area (Å²) in [7, 11) is 0. The topological polar surface area (TPSA) is 79.3 Å². The average Bonchev–Trinajstić information content (AvgIpc) is 2.89. The fourth-order valence-electron chi connectivity index (χ4n) is 2.76. The lowest BCUT2D eigenvalue weighted by Gasteiger charge is -2.17. The monoisotopic (exact) mass is 325 g/mol. The van der Waals surface area contributed by atoms with Crippen LogP contribution in [0.4, 0.5) is 10.7 Å². The number of rotatable bonds is 3. The standard InChI is InChI=1S/C17H15N3O2S/c1-11-2-7-14-15(9-18)17(23-16(14)8-11)19-10-12-3-5-13(6-4-12)20(21)22/h3-6,10-11H,2,7-8H2,1H3/t11-/m0/s1. The number of nitriles is 1. The summed E-state index contributed by atoms with van der Waals surface area (Å²) < 4.78 is 0. The highest BCUT2D eigenvalue weighted by Crippen LogP contribution is 2.40. The van der Waals surface area contributed by atoms with Gasteiger partial charge in [0, 0.05) is 23.2 Å². The third-order valence-corrected chi connectivity index (χ3v) is 5.20. The molecule has 0 saturated carbocycles. The minimum Gasteiger partial charge on any atom is -0.258 e. The third kappa shape index (κ3) is 3.15. The Morgan fingerprint density at radius 1 is 1.43 bits per heavy atom. The van der Waals surface area contributed by atoms with Gasteiger partial charge in [-0.05, 0) is 48.4 Å². The second kappa shape index (κ2) is 6.31. The van der Waals surface area contributed by atoms with Gasteiger partial charge in [-0.1, -0.05) is 6.92 Å². The summed E-state index contributed by atoms with van der Waals surface area (Å²) in [6, 6.07) is 8.50. The summed E-state index contributed by atoms with van der Waals surface area (Å²) in [6.45, 7) is 2.23. The molecule has 0 saturated heterocycles. The van der Waals surface area contributed by atoms with Crippen LogP contribution in [-0.2, 0) is 12.8 Å². The highest BCUT2D eigenvalue weighted by atomic mass is 32.1. The van der Waals surface area contributed by atoms with E-state index in [0.29, 0.717) is 11.5 Å². The smallest absolute Gasteiger partial charge is 0.258 e. The predicted octanol–water partition coefficient (Wildman–Crippen LogP) is 4.40. The summed E-state index contributed by atoms with van der Waals surface area (Å²) in [5.74, 6) is 0.652. The van der Waals surface area contributed by atoms with E-state index in [4.69, 9.17) is 0 Å². The predicted molar refractivity (Wildman–Crippen MR) is 90.6 cm³/mol. The number of nitro benzene ring substituents is 1. The summed E-state index contributed by atoms with van der Waals surface area (Å²) in [6.07, 6.45) is 4.74. The van der Waals surface area contributed by atoms with Gasteiger partial charge in [0.25, 0.3) is 5.69 Å². The number of nitro groups is 1. The fourth-order valence-corrected chi connectivity index (χ4v) is 4.06. The van der Waals surface area contributed by atoms with Gasteiger partial charge in [-0.3, -0.25) is 10.1 Å². The number of benzene rings is 1. The van der Waals surface area contributed by atoms with Gasteiger partial charge in [0.2, 0.25) is 0 Å². The highest BCUT2D eigenvalue weighted by Gasteiger charge is 2.23. The Morgan fingerprint density at radius 2 is 2.17 bits per heavy atom. The normalized spacial score (nSPS) is 17.0. The average molecular weight is 325 g/mol. The van der Waals surface area contributed by atoms with Crippen molar-refractivity contribution in [3.8, 4) is 6.07 Å². The molecule has 1 aliphatic carbocycles. The maximum Gasteiger partial charge on any atom is 0.269 e. The molecule has 0 aliphatic heterocycles. The van der Waals surface area contributed by atoms with Crippen molar-refractivity contribution in [2.45, 2.75) is 26.2 Å². The van der Waals surface area contributed by atoms with Crippen LogP contribution in [0.5, 0.6) is 0 Å². The summed E-state index contributed by atoms with van der Waals surface area (Å²) in [5, 5.41) is 20.8. The van der Waals surface area contributed by atoms with Crippen LogP contribution in [0.2, 0.25) is 0 Å². The number of hydrogen-bond acceptors (Lipinski definition) is 5. The molecule has 6 heteroatoms. The number of hydrogen-bond donors (Lipinski definition) is 0. The van der Waals surface area contributed by atoms with Crippen LogP contribution in [-0.4, -0.2) is 11.1 Å². The van der Waals surface area contributed by atoms with Crippen LogP contribution >= 0.6 is 11.3 Å². The van der Waals surface area contributed by atoms with Gasteiger partial charge in [0.05, 0.1) is 10.5 Å². The van der Waals surface area contributed by atoms with Crippen LogP contribution < -0.4 is 0 Å². The Hall–Kier alpha value is -2.52. The van der Waals surface area contributed by atoms with E-state index in [1.165, 1.54) is 17.0 Å². The van der Waals surface area contributed by atoms with E-state index in [-0.39, 0.29) is 5.69 Å². The SMILES string of the molecule is C[C@H]1CCc2c(sc(N=Cc3ccc([N+](=O)[O-])cc3)c2C#N)C1. The van der Waals surface area contributed by atoms with Gasteiger partial charge in [0.1, 0.15) is 11.1 Å². The van der Waals surface area contributed by atoms with Crippen molar-refractivity contribution in [3.05, 3.63) is 55.9 Å². The lowest BCUT2D eigenvalue weighted by Crippen LogP contribution is -2.09. The van der Waals surface area contributed by atoms with Crippen molar-refractivity contribution in [2.75, 3.05) is 0 Å². The number of thiophene rings is 1. The minimum atomic E-state index is -0.427. The molecule has 0 unspecified atom stereocenters. The molecule has 0 bridgehead atoms. The van der Waals surface area contributed by atoms with E-state index in [2.05, 4.69) is 18.0 Å². The van der Waals surface area contributed by atoms with E-state index >= 15 is 0 Å². The Morgan fingerprint density at radius 3 is 2.83 bits per heavy atom. The first-order valence-electron chi connectivity index (χ1n) is 7.41. The molecule has 1 aromatic carbocycles. The molecule has 23 heavy (non-hydrogen) atoms. The number of non-ortho nitro benzene ring substituents is 1. The second-order valence-corrected chi connectivity index (χ2v) is 6.83. The zero-order valence-corrected chi connectivity index (χ0v) is 13.5. The van der Waals surface area contributed by atoms with E-state index in [1.807, 2.05) is 0 Å². The molecule has 0 fully saturated rings. The molecule has 0 spiro atoms. The maximum atomic E-state index is 10.7. The maximum absolute atomic E-state index is 10.7. The Kier molecular flexibility index (Phi) is 4.22. The molecule has 1 aromatic heterocycles. The van der Waals surface area contributed by atoms with Gasteiger partial charge >= 0.3 is 0 Å². The second-order valence-electron chi connectivity index (χ2n) is 5.75. The van der Waals surface area contributed by atoms with Gasteiger partial charge in [0.15, 0.2) is 0 Å². The molecule has 1 aliphatic rings. The van der Waals surface area contributed by atoms with E-state index < -0.39 is 4.92 Å². The van der Waals surface area contributed by atoms with E-state index in [0.717, 1.165) is 35.4 Å². The number of aliphatic imine (C=N–C) groups is 1. The summed E-state index contributed by atoms with van der Waals surface area (Å²) in [4.78, 5) is 16.0. The molecule has 0 N–H and O–H groups in total. The van der Waals surface area contributed by atoms with Gasteiger partial charge in [-0.2, -0.15) is 5.26 Å². The lowest BCUT2D eigenvalue weighted by molar-refractivity contribution is -0.384. The minimum absolute atomic E-state index is 0.0560. The van der Waals surface area contributed by atoms with Gasteiger partial charge in [-0.15, -0.1) is 11.3 Å². The Labute approximate surface area is 138 Å². The van der Waals surface area contributed by atoms with Crippen molar-refractivity contribution < 1.29 is 4.92 Å². The molecular formula is C17H15N3O2S. The van der Waals surface area contributed by atoms with Crippen molar-refractivity contribution in [3.63, 3.8) is 0 Å². The number of nitrogens with zero attached hydrogens (tertiary/aromatic N) is 3. The molecular weight excluding hydrogens is 310 g/mol. The zero-order chi connectivity index (χ0) is 16.4. The molecule has 0 radical (unpaired) electrons. The van der Waals surface area contributed by atoms with Crippen LogP contribution in [0, 0.1) is 27.4 Å². The molecule has 1 atom stereocenters. The molecule has 3 rings (SSSR count). The molecule has 2 aromatic rings. The van der Waals surface area contributed by atoms with Crippen LogP contribution in [0.3, 0.4) is 0 Å². The van der Waals surface area contributed by atoms with E-state index in [9.17, 15) is 15.4 Å². The largest absolute Gasteiger partial charge is 0.269 e. The zero-order valence-electron chi connectivity index (χ0n) is 12.7. The van der Waals surface area contributed by atoms with Crippen molar-refractivity contribution >= 4 is 28.2 Å². The first-order chi connectivity index (χ1) is 11.1. The molecule has 1 heterocycles. The quantitative estimate of drug-likeness (QED) is 0.476. The Bertz CT molecular complexity index is 816. The summed E-state index contributed by atoms with van der Waals surface area (Å²) in [5.41, 5.74) is 2.68. The van der Waals surface area contributed by atoms with Crippen LogP contribution in [0.15, 0.2) is 29.3 Å². The lowest BCUT2D eigenvalue weighted by atomic mass is 9.89. The van der Waals surface area contributed by atoms with Gasteiger partial charge < -0.3 is 0 Å². The molecule has 116 valence electrons. The van der Waals surface area contributed by atoms with Crippen LogP contribution in [0.25, 0.3) is 0 Å². The highest BCUT2D eigenvalue weighted by molar-refractivity contribution is 7.16. The molecule has 5 nitrogen and oxygen atoms in total. The van der Waals surface area contributed by atoms with Crippen molar-refractivity contribution in [1.82, 2.24) is 0 Å². The van der Waals surface area contributed by atoms with Crippen molar-refractivity contribution in [1.29, 1.82) is 5.26 Å².